The molecule has 0 amide bonds. The maximum atomic E-state index is 5.56. The van der Waals surface area contributed by atoms with E-state index in [1.54, 1.807) is 7.11 Å². The Morgan fingerprint density at radius 1 is 0.489 bits per heavy atom. The van der Waals surface area contributed by atoms with Gasteiger partial charge in [0.2, 0.25) is 0 Å². The van der Waals surface area contributed by atoms with Gasteiger partial charge in [0.05, 0.1) is 12.8 Å². The molecule has 0 aliphatic heterocycles. The Kier molecular flexibility index (Phi) is 8.74. The molecule has 0 aromatic heterocycles. The van der Waals surface area contributed by atoms with E-state index in [4.69, 9.17) is 4.74 Å². The quantitative estimate of drug-likeness (QED) is 0.120. The van der Waals surface area contributed by atoms with E-state index in [9.17, 15) is 0 Å². The summed E-state index contributed by atoms with van der Waals surface area (Å²) < 4.78 is 5.56. The first-order valence-electron chi connectivity index (χ1n) is 15.9. The number of ether oxygens (including phenoxy) is 1. The van der Waals surface area contributed by atoms with Crippen molar-refractivity contribution in [3.8, 4) is 5.75 Å². The van der Waals surface area contributed by atoms with Gasteiger partial charge in [0, 0.05) is 28.2 Å². The van der Waals surface area contributed by atoms with Gasteiger partial charge in [0.15, 0.2) is 0 Å². The number of hydrogen-bond donors (Lipinski definition) is 0. The summed E-state index contributed by atoms with van der Waals surface area (Å²) in [7, 11) is 1.71. The van der Waals surface area contributed by atoms with Crippen molar-refractivity contribution in [1.29, 1.82) is 0 Å². The van der Waals surface area contributed by atoms with E-state index in [1.165, 1.54) is 32.7 Å². The molecule has 0 aliphatic rings. The van der Waals surface area contributed by atoms with Gasteiger partial charge in [-0.3, -0.25) is 0 Å². The Morgan fingerprint density at radius 2 is 0.957 bits per heavy atom. The van der Waals surface area contributed by atoms with Crippen molar-refractivity contribution in [3.63, 3.8) is 0 Å². The molecule has 0 bridgehead atoms. The van der Waals surface area contributed by atoms with Crippen molar-refractivity contribution in [3.05, 3.63) is 204 Å². The Bertz CT molecular complexity index is 2100. The lowest BCUT2D eigenvalue weighted by Gasteiger charge is -2.27. The maximum absolute atomic E-state index is 5.56. The predicted octanol–water partition coefficient (Wildman–Crippen LogP) is 12.0. The van der Waals surface area contributed by atoms with Gasteiger partial charge in [-0.1, -0.05) is 164 Å². The summed E-state index contributed by atoms with van der Waals surface area (Å²) in [6.07, 6.45) is 10.9. The van der Waals surface area contributed by atoms with Gasteiger partial charge >= 0.3 is 0 Å². The second kappa shape index (κ2) is 13.9. The van der Waals surface area contributed by atoms with Gasteiger partial charge in [-0.2, -0.15) is 0 Å². The lowest BCUT2D eigenvalue weighted by Crippen LogP contribution is -2.12. The third-order valence-corrected chi connectivity index (χ3v) is 8.43. The molecule has 0 saturated heterocycles. The molecule has 0 atom stereocenters. The summed E-state index contributed by atoms with van der Waals surface area (Å²) in [5, 5.41) is 4.73. The average molecular weight is 606 g/mol. The van der Waals surface area contributed by atoms with Crippen molar-refractivity contribution in [1.82, 2.24) is 0 Å². The first-order chi connectivity index (χ1) is 23.3. The largest absolute Gasteiger partial charge is 0.497 e. The molecule has 0 heterocycles. The van der Waals surface area contributed by atoms with Crippen molar-refractivity contribution in [2.75, 3.05) is 12.0 Å². The van der Waals surface area contributed by atoms with Crippen LogP contribution in [0.4, 0.5) is 11.4 Å². The number of hydrogen-bond acceptors (Lipinski definition) is 2. The van der Waals surface area contributed by atoms with Crippen molar-refractivity contribution >= 4 is 50.6 Å². The van der Waals surface area contributed by atoms with Crippen LogP contribution < -0.4 is 9.64 Å². The highest BCUT2D eigenvalue weighted by Gasteiger charge is 2.19. The maximum Gasteiger partial charge on any atom is 0.119 e. The minimum absolute atomic E-state index is 0.822. The molecule has 7 rings (SSSR count). The highest BCUT2D eigenvalue weighted by Crippen LogP contribution is 2.43. The van der Waals surface area contributed by atoms with Crippen LogP contribution in [0.15, 0.2) is 182 Å². The molecule has 2 nitrogen and oxygen atoms in total. The third-order valence-electron chi connectivity index (χ3n) is 8.43. The Morgan fingerprint density at radius 3 is 1.49 bits per heavy atom. The molecule has 0 fully saturated rings. The zero-order chi connectivity index (χ0) is 31.8. The van der Waals surface area contributed by atoms with Crippen molar-refractivity contribution < 1.29 is 4.74 Å². The van der Waals surface area contributed by atoms with Crippen LogP contribution in [0.25, 0.3) is 39.3 Å². The van der Waals surface area contributed by atoms with Gasteiger partial charge in [-0.05, 0) is 57.3 Å². The van der Waals surface area contributed by atoms with E-state index in [2.05, 4.69) is 181 Å². The van der Waals surface area contributed by atoms with Crippen molar-refractivity contribution in [2.24, 2.45) is 0 Å². The van der Waals surface area contributed by atoms with E-state index >= 15 is 0 Å². The molecular weight excluding hydrogens is 571 g/mol. The third kappa shape index (κ3) is 6.36. The molecule has 0 unspecified atom stereocenters. The molecule has 0 radical (unpaired) electrons. The van der Waals surface area contributed by atoms with Crippen LogP contribution in [-0.2, 0) is 0 Å². The number of allylic oxidation sites excluding steroid dienone is 2. The van der Waals surface area contributed by atoms with Crippen LogP contribution in [0.5, 0.6) is 5.75 Å². The number of anilines is 2. The van der Waals surface area contributed by atoms with Crippen LogP contribution in [0.3, 0.4) is 0 Å². The second-order valence-electron chi connectivity index (χ2n) is 11.3. The summed E-state index contributed by atoms with van der Waals surface area (Å²) in [6, 6.07) is 57.4. The lowest BCUT2D eigenvalue weighted by atomic mass is 9.93. The molecule has 47 heavy (non-hydrogen) atoms. The topological polar surface area (TPSA) is 12.5 Å². The highest BCUT2D eigenvalue weighted by atomic mass is 16.5. The summed E-state index contributed by atoms with van der Waals surface area (Å²) in [5.41, 5.74) is 7.97. The standard InChI is InChI=1S/C45H35NO/c1-47-38-31-29-37(30-32-38)46(33-44(35-20-7-3-8-21-35)36-22-9-4-10-23-36)45-42-27-15-13-25-40(42)39(41-26-14-16-28-43(41)45)24-12-11-19-34-17-5-2-6-18-34/h2-33H,1H3. The molecule has 0 saturated carbocycles. The molecule has 7 aromatic carbocycles. The fourth-order valence-electron chi connectivity index (χ4n) is 6.15. The summed E-state index contributed by atoms with van der Waals surface area (Å²) >= 11 is 0. The van der Waals surface area contributed by atoms with Gasteiger partial charge in [-0.25, -0.2) is 0 Å². The van der Waals surface area contributed by atoms with E-state index in [0.29, 0.717) is 0 Å². The fourth-order valence-corrected chi connectivity index (χ4v) is 6.15. The zero-order valence-electron chi connectivity index (χ0n) is 26.3. The minimum atomic E-state index is 0.822. The van der Waals surface area contributed by atoms with Crippen LogP contribution in [-0.4, -0.2) is 7.11 Å². The summed E-state index contributed by atoms with van der Waals surface area (Å²) in [6.45, 7) is 0. The van der Waals surface area contributed by atoms with Gasteiger partial charge in [0.25, 0.3) is 0 Å². The summed E-state index contributed by atoms with van der Waals surface area (Å²) in [4.78, 5) is 2.35. The number of nitrogens with zero attached hydrogens (tertiary/aromatic N) is 1. The monoisotopic (exact) mass is 605 g/mol. The number of rotatable bonds is 9. The molecule has 7 aromatic rings. The van der Waals surface area contributed by atoms with Crippen LogP contribution >= 0.6 is 0 Å². The van der Waals surface area contributed by atoms with E-state index < -0.39 is 0 Å². The fraction of sp³-hybridized carbons (Fsp3) is 0.0222. The molecule has 0 N–H and O–H groups in total. The molecule has 0 aliphatic carbocycles. The SMILES string of the molecule is COc1ccc(N(C=C(c2ccccc2)c2ccccc2)c2c3ccccc3c(C=CC=Cc3ccccc3)c3ccccc23)cc1. The second-order valence-corrected chi connectivity index (χ2v) is 11.3. The molecule has 2 heteroatoms. The van der Waals surface area contributed by atoms with E-state index in [-0.39, 0.29) is 0 Å². The lowest BCUT2D eigenvalue weighted by molar-refractivity contribution is 0.415. The van der Waals surface area contributed by atoms with Crippen LogP contribution in [0.1, 0.15) is 22.3 Å². The number of fused-ring (bicyclic) bond motifs is 2. The predicted molar refractivity (Wildman–Crippen MR) is 201 cm³/mol. The average Bonchev–Trinajstić information content (AvgIpc) is 3.15. The van der Waals surface area contributed by atoms with Gasteiger partial charge in [0.1, 0.15) is 5.75 Å². The van der Waals surface area contributed by atoms with Gasteiger partial charge in [-0.15, -0.1) is 0 Å². The number of benzene rings is 7. The van der Waals surface area contributed by atoms with Crippen LogP contribution in [0.2, 0.25) is 0 Å². The Hall–Kier alpha value is -6.12. The first kappa shape index (κ1) is 29.6. The zero-order valence-corrected chi connectivity index (χ0v) is 26.3. The molecule has 0 spiro atoms. The summed E-state index contributed by atoms with van der Waals surface area (Å²) in [5.74, 6) is 0.822. The van der Waals surface area contributed by atoms with E-state index in [1.807, 2.05) is 18.2 Å². The van der Waals surface area contributed by atoms with Crippen LogP contribution in [0, 0.1) is 0 Å². The highest BCUT2D eigenvalue weighted by molar-refractivity contribution is 6.18. The normalized spacial score (nSPS) is 11.3. The Balaban J connectivity index is 1.49. The minimum Gasteiger partial charge on any atom is -0.497 e. The molecule has 226 valence electrons. The van der Waals surface area contributed by atoms with Crippen molar-refractivity contribution in [2.45, 2.75) is 0 Å². The number of methoxy groups -OCH3 is 1. The first-order valence-corrected chi connectivity index (χ1v) is 15.9. The smallest absolute Gasteiger partial charge is 0.119 e. The molecular formula is C45H35NO. The van der Waals surface area contributed by atoms with E-state index in [0.717, 1.165) is 33.8 Å². The van der Waals surface area contributed by atoms with Gasteiger partial charge < -0.3 is 9.64 Å². The Labute approximate surface area is 276 Å².